The lowest BCUT2D eigenvalue weighted by Gasteiger charge is -2.04. The lowest BCUT2D eigenvalue weighted by molar-refractivity contribution is 0.318. The molecule has 1 aromatic heterocycles. The molecule has 1 aromatic carbocycles. The van der Waals surface area contributed by atoms with Crippen LogP contribution in [0, 0.1) is 0 Å². The van der Waals surface area contributed by atoms with Crippen molar-refractivity contribution in [3.05, 3.63) is 29.6 Å². The average Bonchev–Trinajstić information content (AvgIpc) is 2.77. The summed E-state index contributed by atoms with van der Waals surface area (Å²) in [7, 11) is 0. The first-order valence-electron chi connectivity index (χ1n) is 5.80. The Morgan fingerprint density at radius 1 is 1.56 bits per heavy atom. The van der Waals surface area contributed by atoms with Crippen molar-refractivity contribution in [2.24, 2.45) is 10.9 Å². The van der Waals surface area contributed by atoms with E-state index in [4.69, 9.17) is 10.9 Å². The zero-order valence-electron chi connectivity index (χ0n) is 10.4. The Labute approximate surface area is 105 Å². The minimum Gasteiger partial charge on any atom is -0.409 e. The summed E-state index contributed by atoms with van der Waals surface area (Å²) < 4.78 is 0. The molecular weight excluding hydrogens is 230 g/mol. The molecule has 0 radical (unpaired) electrons. The van der Waals surface area contributed by atoms with Crippen LogP contribution < -0.4 is 11.1 Å². The number of nitrogens with zero attached hydrogens (tertiary/aromatic N) is 2. The van der Waals surface area contributed by atoms with E-state index in [9.17, 15) is 0 Å². The third-order valence-corrected chi connectivity index (χ3v) is 2.62. The molecule has 0 saturated heterocycles. The lowest BCUT2D eigenvalue weighted by Crippen LogP contribution is -2.22. The molecule has 6 nitrogen and oxygen atoms in total. The van der Waals surface area contributed by atoms with Crippen LogP contribution in [0.1, 0.15) is 25.2 Å². The highest BCUT2D eigenvalue weighted by molar-refractivity contribution is 6.06. The van der Waals surface area contributed by atoms with E-state index in [1.807, 2.05) is 12.1 Å². The van der Waals surface area contributed by atoms with E-state index in [1.165, 1.54) is 0 Å². The van der Waals surface area contributed by atoms with Crippen molar-refractivity contribution in [3.8, 4) is 0 Å². The first-order valence-corrected chi connectivity index (χ1v) is 5.80. The number of amidine groups is 1. The van der Waals surface area contributed by atoms with Gasteiger partial charge in [-0.05, 0) is 12.1 Å². The van der Waals surface area contributed by atoms with Gasteiger partial charge in [0.1, 0.15) is 5.82 Å². The monoisotopic (exact) mass is 247 g/mol. The number of hydrogen-bond acceptors (Lipinski definition) is 4. The molecule has 0 spiro atoms. The van der Waals surface area contributed by atoms with E-state index in [0.29, 0.717) is 23.7 Å². The number of oxime groups is 1. The van der Waals surface area contributed by atoms with E-state index in [-0.39, 0.29) is 5.84 Å². The number of para-hydroxylation sites is 1. The molecule has 0 fully saturated rings. The Balaban J connectivity index is 2.38. The Hall–Kier alpha value is -2.08. The number of nitrogens with two attached hydrogens (primary N) is 1. The van der Waals surface area contributed by atoms with Crippen LogP contribution in [0.3, 0.4) is 0 Å². The average molecular weight is 247 g/mol. The van der Waals surface area contributed by atoms with Crippen LogP contribution in [0.15, 0.2) is 23.4 Å². The molecular formula is C12H17N5O. The van der Waals surface area contributed by atoms with Crippen LogP contribution >= 0.6 is 0 Å². The number of H-pyrrole nitrogens is 1. The summed E-state index contributed by atoms with van der Waals surface area (Å²) in [4.78, 5) is 7.67. The van der Waals surface area contributed by atoms with E-state index in [2.05, 4.69) is 34.3 Å². The topological polar surface area (TPSA) is 99.3 Å². The number of hydrogen-bond donors (Lipinski definition) is 4. The molecule has 18 heavy (non-hydrogen) atoms. The quantitative estimate of drug-likeness (QED) is 0.282. The third kappa shape index (κ3) is 2.43. The predicted octanol–water partition coefficient (Wildman–Crippen LogP) is 1.16. The van der Waals surface area contributed by atoms with Crippen molar-refractivity contribution in [1.29, 1.82) is 0 Å². The summed E-state index contributed by atoms with van der Waals surface area (Å²) >= 11 is 0. The van der Waals surface area contributed by atoms with Crippen LogP contribution in [0.4, 0.5) is 0 Å². The molecule has 0 saturated carbocycles. The Kier molecular flexibility index (Phi) is 3.47. The second-order valence-corrected chi connectivity index (χ2v) is 4.41. The maximum absolute atomic E-state index is 8.74. The zero-order chi connectivity index (χ0) is 13.1. The molecule has 0 bridgehead atoms. The Bertz CT molecular complexity index is 573. The van der Waals surface area contributed by atoms with Gasteiger partial charge >= 0.3 is 0 Å². The number of rotatable bonds is 4. The van der Waals surface area contributed by atoms with Crippen LogP contribution in [-0.4, -0.2) is 27.1 Å². The Morgan fingerprint density at radius 2 is 2.33 bits per heavy atom. The smallest absolute Gasteiger partial charge is 0.172 e. The summed E-state index contributed by atoms with van der Waals surface area (Å²) in [6.45, 7) is 4.80. The molecule has 2 aromatic rings. The summed E-state index contributed by atoms with van der Waals surface area (Å²) in [6.07, 6.45) is 0. The summed E-state index contributed by atoms with van der Waals surface area (Å²) in [5.74, 6) is 0.896. The second kappa shape index (κ2) is 5.05. The van der Waals surface area contributed by atoms with Gasteiger partial charge in [0.05, 0.1) is 17.6 Å². The molecule has 0 aliphatic rings. The van der Waals surface area contributed by atoms with Crippen LogP contribution in [0.2, 0.25) is 0 Å². The number of nitrogens with one attached hydrogen (secondary N) is 2. The van der Waals surface area contributed by atoms with Crippen LogP contribution in [0.5, 0.6) is 0 Å². The van der Waals surface area contributed by atoms with Crippen molar-refractivity contribution in [3.63, 3.8) is 0 Å². The van der Waals surface area contributed by atoms with Crippen LogP contribution in [0.25, 0.3) is 11.0 Å². The third-order valence-electron chi connectivity index (χ3n) is 2.62. The molecule has 2 rings (SSSR count). The molecule has 1 heterocycles. The van der Waals surface area contributed by atoms with E-state index in [0.717, 1.165) is 11.3 Å². The standard InChI is InChI=1S/C12H17N5O/c1-7(2)14-6-10-15-9-5-3-4-8(11(9)16-10)12(13)17-18/h3-5,7,14,18H,6H2,1-2H3,(H2,13,17)(H,15,16). The van der Waals surface area contributed by atoms with Gasteiger partial charge in [-0.25, -0.2) is 4.98 Å². The first kappa shape index (κ1) is 12.4. The van der Waals surface area contributed by atoms with E-state index in [1.54, 1.807) is 6.07 Å². The van der Waals surface area contributed by atoms with E-state index < -0.39 is 0 Å². The van der Waals surface area contributed by atoms with Gasteiger partial charge in [0.2, 0.25) is 0 Å². The molecule has 0 atom stereocenters. The maximum atomic E-state index is 8.74. The van der Waals surface area contributed by atoms with Gasteiger partial charge in [0.15, 0.2) is 5.84 Å². The van der Waals surface area contributed by atoms with E-state index >= 15 is 0 Å². The maximum Gasteiger partial charge on any atom is 0.172 e. The van der Waals surface area contributed by atoms with Crippen molar-refractivity contribution in [2.45, 2.75) is 26.4 Å². The van der Waals surface area contributed by atoms with Gasteiger partial charge in [0, 0.05) is 11.6 Å². The fraction of sp³-hybridized carbons (Fsp3) is 0.333. The fourth-order valence-corrected chi connectivity index (χ4v) is 1.73. The van der Waals surface area contributed by atoms with Crippen molar-refractivity contribution >= 4 is 16.9 Å². The van der Waals surface area contributed by atoms with Crippen molar-refractivity contribution in [2.75, 3.05) is 0 Å². The van der Waals surface area contributed by atoms with Gasteiger partial charge in [-0.1, -0.05) is 25.1 Å². The molecule has 0 aliphatic heterocycles. The highest BCUT2D eigenvalue weighted by Gasteiger charge is 2.10. The van der Waals surface area contributed by atoms with Gasteiger partial charge in [-0.2, -0.15) is 0 Å². The number of aromatic nitrogens is 2. The first-order chi connectivity index (χ1) is 8.61. The minimum absolute atomic E-state index is 0.0652. The minimum atomic E-state index is 0.0652. The molecule has 96 valence electrons. The molecule has 0 aliphatic carbocycles. The normalized spacial score (nSPS) is 12.5. The predicted molar refractivity (Wildman–Crippen MR) is 70.6 cm³/mol. The van der Waals surface area contributed by atoms with Gasteiger partial charge in [-0.15, -0.1) is 0 Å². The molecule has 5 N–H and O–H groups in total. The van der Waals surface area contributed by atoms with Gasteiger partial charge < -0.3 is 21.2 Å². The summed E-state index contributed by atoms with van der Waals surface area (Å²) in [5.41, 5.74) is 7.84. The Morgan fingerprint density at radius 3 is 3.00 bits per heavy atom. The van der Waals surface area contributed by atoms with Gasteiger partial charge in [0.25, 0.3) is 0 Å². The molecule has 0 unspecified atom stereocenters. The molecule has 6 heteroatoms. The fourth-order valence-electron chi connectivity index (χ4n) is 1.73. The van der Waals surface area contributed by atoms with Crippen molar-refractivity contribution < 1.29 is 5.21 Å². The number of aromatic amines is 1. The molecule has 0 amide bonds. The summed E-state index contributed by atoms with van der Waals surface area (Å²) in [5, 5.41) is 15.0. The second-order valence-electron chi connectivity index (χ2n) is 4.41. The zero-order valence-corrected chi connectivity index (χ0v) is 10.4. The van der Waals surface area contributed by atoms with Gasteiger partial charge in [-0.3, -0.25) is 0 Å². The number of benzene rings is 1. The largest absolute Gasteiger partial charge is 0.409 e. The summed E-state index contributed by atoms with van der Waals surface area (Å²) in [6, 6.07) is 5.92. The lowest BCUT2D eigenvalue weighted by atomic mass is 10.2. The van der Waals surface area contributed by atoms with Crippen molar-refractivity contribution in [1.82, 2.24) is 15.3 Å². The van der Waals surface area contributed by atoms with Crippen LogP contribution in [-0.2, 0) is 6.54 Å². The SMILES string of the molecule is CC(C)NCc1nc2c(C(N)=NO)cccc2[nH]1. The highest BCUT2D eigenvalue weighted by atomic mass is 16.4. The highest BCUT2D eigenvalue weighted by Crippen LogP contribution is 2.16. The number of imidazole rings is 1. The number of fused-ring (bicyclic) bond motifs is 1.